The Kier molecular flexibility index (Phi) is 1.59. The molecule has 0 radical (unpaired) electrons. The molecule has 0 aliphatic rings. The van der Waals surface area contributed by atoms with Crippen molar-refractivity contribution in [3.8, 4) is 5.75 Å². The lowest BCUT2D eigenvalue weighted by Gasteiger charge is -1.87. The van der Waals surface area contributed by atoms with Gasteiger partial charge in [0.15, 0.2) is 6.29 Å². The van der Waals surface area contributed by atoms with E-state index in [1.54, 1.807) is 6.07 Å². The van der Waals surface area contributed by atoms with Gasteiger partial charge in [0.05, 0.1) is 0 Å². The Bertz CT molecular complexity index is 431. The van der Waals surface area contributed by atoms with Gasteiger partial charge in [-0.1, -0.05) is 12.1 Å². The Morgan fingerprint density at radius 2 is 2.08 bits per heavy atom. The molecule has 0 saturated carbocycles. The van der Waals surface area contributed by atoms with Crippen molar-refractivity contribution in [1.82, 2.24) is 0 Å². The molecule has 0 unspecified atom stereocenters. The predicted molar refractivity (Wildman–Crippen MR) is 48.9 cm³/mol. The summed E-state index contributed by atoms with van der Waals surface area (Å²) in [7, 11) is 0. The van der Waals surface area contributed by atoms with Gasteiger partial charge in [-0.15, -0.1) is 11.3 Å². The summed E-state index contributed by atoms with van der Waals surface area (Å²) in [6.07, 6.45) is 0.681. The Labute approximate surface area is 73.1 Å². The summed E-state index contributed by atoms with van der Waals surface area (Å²) in [4.78, 5) is 10.8. The first-order valence-corrected chi connectivity index (χ1v) is 4.30. The molecule has 0 spiro atoms. The van der Waals surface area contributed by atoms with Crippen LogP contribution < -0.4 is 0 Å². The molecule has 0 aliphatic carbocycles. The van der Waals surface area contributed by atoms with E-state index >= 15 is 0 Å². The van der Waals surface area contributed by atoms with E-state index < -0.39 is 0 Å². The summed E-state index contributed by atoms with van der Waals surface area (Å²) >= 11 is 1.31. The highest BCUT2D eigenvalue weighted by atomic mass is 32.1. The number of rotatable bonds is 1. The summed E-state index contributed by atoms with van der Waals surface area (Å²) < 4.78 is 0.942. The molecule has 0 aliphatic heterocycles. The Morgan fingerprint density at radius 3 is 2.75 bits per heavy atom. The van der Waals surface area contributed by atoms with Crippen molar-refractivity contribution in [2.24, 2.45) is 0 Å². The lowest BCUT2D eigenvalue weighted by atomic mass is 10.2. The number of fused-ring (bicyclic) bond motifs is 1. The van der Waals surface area contributed by atoms with E-state index in [2.05, 4.69) is 0 Å². The Morgan fingerprint density at radius 1 is 1.33 bits per heavy atom. The molecule has 3 heteroatoms. The fourth-order valence-electron chi connectivity index (χ4n) is 1.13. The molecule has 60 valence electrons. The van der Waals surface area contributed by atoms with E-state index in [0.717, 1.165) is 10.1 Å². The molecular weight excluding hydrogens is 172 g/mol. The highest BCUT2D eigenvalue weighted by Gasteiger charge is 2.08. The van der Waals surface area contributed by atoms with Gasteiger partial charge in [-0.3, -0.25) is 4.79 Å². The molecule has 2 nitrogen and oxygen atoms in total. The minimum Gasteiger partial charge on any atom is -0.506 e. The smallest absolute Gasteiger partial charge is 0.163 e. The third-order valence-corrected chi connectivity index (χ3v) is 2.79. The molecule has 0 bridgehead atoms. The molecule has 12 heavy (non-hydrogen) atoms. The summed E-state index contributed by atoms with van der Waals surface area (Å²) in [5.74, 6) is 0.102. The second-order valence-corrected chi connectivity index (χ2v) is 3.51. The summed E-state index contributed by atoms with van der Waals surface area (Å²) in [5, 5.41) is 10.2. The van der Waals surface area contributed by atoms with Crippen molar-refractivity contribution in [3.05, 3.63) is 29.1 Å². The molecule has 0 amide bonds. The zero-order chi connectivity index (χ0) is 8.55. The lowest BCUT2D eigenvalue weighted by Crippen LogP contribution is -1.68. The Hall–Kier alpha value is -1.35. The maximum Gasteiger partial charge on any atom is 0.163 e. The molecule has 1 N–H and O–H groups in total. The topological polar surface area (TPSA) is 37.3 Å². The van der Waals surface area contributed by atoms with Gasteiger partial charge in [0.1, 0.15) is 10.6 Å². The number of thiophene rings is 1. The van der Waals surface area contributed by atoms with Crippen LogP contribution in [-0.2, 0) is 0 Å². The maximum atomic E-state index is 10.4. The van der Waals surface area contributed by atoms with Crippen molar-refractivity contribution in [3.63, 3.8) is 0 Å². The van der Waals surface area contributed by atoms with Crippen molar-refractivity contribution in [2.75, 3.05) is 0 Å². The first kappa shape index (κ1) is 7.31. The molecule has 0 fully saturated rings. The number of aromatic hydroxyl groups is 1. The minimum atomic E-state index is 0.102. The van der Waals surface area contributed by atoms with Crippen LogP contribution in [0.25, 0.3) is 10.1 Å². The monoisotopic (exact) mass is 178 g/mol. The number of carbonyl (C=O) groups excluding carboxylic acids is 1. The Balaban J connectivity index is 2.87. The van der Waals surface area contributed by atoms with E-state index in [-0.39, 0.29) is 5.75 Å². The zero-order valence-corrected chi connectivity index (χ0v) is 6.97. The molecule has 1 aromatic heterocycles. The third kappa shape index (κ3) is 0.905. The number of hydrogen-bond donors (Lipinski definition) is 1. The standard InChI is InChI=1S/C9H6O2S/c10-5-8-9(11)6-3-1-2-4-7(6)12-8/h1-5,11H. The molecule has 2 rings (SSSR count). The minimum absolute atomic E-state index is 0.102. The zero-order valence-electron chi connectivity index (χ0n) is 6.15. The average Bonchev–Trinajstić information content (AvgIpc) is 2.44. The van der Waals surface area contributed by atoms with Crippen LogP contribution in [0.4, 0.5) is 0 Å². The SMILES string of the molecule is O=Cc1sc2ccccc2c1O. The normalized spacial score (nSPS) is 10.3. The van der Waals surface area contributed by atoms with Gasteiger partial charge >= 0.3 is 0 Å². The number of hydrogen-bond acceptors (Lipinski definition) is 3. The summed E-state index contributed by atoms with van der Waals surface area (Å²) in [5.41, 5.74) is 0. The van der Waals surface area contributed by atoms with Crippen LogP contribution in [0, 0.1) is 0 Å². The van der Waals surface area contributed by atoms with E-state index in [1.807, 2.05) is 18.2 Å². The summed E-state index contributed by atoms with van der Waals surface area (Å²) in [6.45, 7) is 0. The number of carbonyl (C=O) groups is 1. The van der Waals surface area contributed by atoms with Crippen LogP contribution in [0.5, 0.6) is 5.75 Å². The van der Waals surface area contributed by atoms with Gasteiger partial charge in [0.2, 0.25) is 0 Å². The van der Waals surface area contributed by atoms with E-state index in [9.17, 15) is 9.90 Å². The highest BCUT2D eigenvalue weighted by Crippen LogP contribution is 2.34. The van der Waals surface area contributed by atoms with Gasteiger partial charge < -0.3 is 5.11 Å². The second-order valence-electron chi connectivity index (χ2n) is 2.43. The van der Waals surface area contributed by atoms with Crippen LogP contribution in [0.2, 0.25) is 0 Å². The largest absolute Gasteiger partial charge is 0.506 e. The third-order valence-electron chi connectivity index (χ3n) is 1.70. The molecular formula is C9H6O2S. The van der Waals surface area contributed by atoms with E-state index in [4.69, 9.17) is 0 Å². The molecule has 2 aromatic rings. The lowest BCUT2D eigenvalue weighted by molar-refractivity contribution is 0.112. The van der Waals surface area contributed by atoms with Crippen molar-refractivity contribution >= 4 is 27.7 Å². The van der Waals surface area contributed by atoms with Gasteiger partial charge in [0, 0.05) is 10.1 Å². The van der Waals surface area contributed by atoms with E-state index in [1.165, 1.54) is 11.3 Å². The van der Waals surface area contributed by atoms with Crippen LogP contribution in [0.1, 0.15) is 9.67 Å². The van der Waals surface area contributed by atoms with E-state index in [0.29, 0.717) is 11.2 Å². The molecule has 0 saturated heterocycles. The number of benzene rings is 1. The fraction of sp³-hybridized carbons (Fsp3) is 0. The van der Waals surface area contributed by atoms with Crippen LogP contribution in [0.3, 0.4) is 0 Å². The van der Waals surface area contributed by atoms with Crippen molar-refractivity contribution in [2.45, 2.75) is 0 Å². The number of aldehydes is 1. The average molecular weight is 178 g/mol. The summed E-state index contributed by atoms with van der Waals surface area (Å²) in [6, 6.07) is 7.40. The van der Waals surface area contributed by atoms with Crippen molar-refractivity contribution < 1.29 is 9.90 Å². The van der Waals surface area contributed by atoms with Gasteiger partial charge in [0.25, 0.3) is 0 Å². The molecule has 0 atom stereocenters. The first-order chi connectivity index (χ1) is 5.83. The van der Waals surface area contributed by atoms with Crippen LogP contribution in [-0.4, -0.2) is 11.4 Å². The predicted octanol–water partition coefficient (Wildman–Crippen LogP) is 2.42. The van der Waals surface area contributed by atoms with Crippen molar-refractivity contribution in [1.29, 1.82) is 0 Å². The quantitative estimate of drug-likeness (QED) is 0.681. The fourth-order valence-corrected chi connectivity index (χ4v) is 2.04. The molecule has 1 heterocycles. The maximum absolute atomic E-state index is 10.4. The highest BCUT2D eigenvalue weighted by molar-refractivity contribution is 7.21. The second kappa shape index (κ2) is 2.60. The van der Waals surface area contributed by atoms with Gasteiger partial charge in [-0.25, -0.2) is 0 Å². The van der Waals surface area contributed by atoms with Crippen LogP contribution >= 0.6 is 11.3 Å². The van der Waals surface area contributed by atoms with Crippen LogP contribution in [0.15, 0.2) is 24.3 Å². The van der Waals surface area contributed by atoms with Gasteiger partial charge in [-0.2, -0.15) is 0 Å². The molecule has 1 aromatic carbocycles. The first-order valence-electron chi connectivity index (χ1n) is 3.48. The van der Waals surface area contributed by atoms with Gasteiger partial charge in [-0.05, 0) is 12.1 Å².